The van der Waals surface area contributed by atoms with E-state index >= 15 is 0 Å². The summed E-state index contributed by atoms with van der Waals surface area (Å²) in [5.74, 6) is -0.166. The molecule has 1 aliphatic heterocycles. The van der Waals surface area contributed by atoms with Crippen LogP contribution in [0.5, 0.6) is 0 Å². The van der Waals surface area contributed by atoms with Crippen molar-refractivity contribution in [2.75, 3.05) is 20.3 Å². The van der Waals surface area contributed by atoms with Crippen LogP contribution in [0.1, 0.15) is 11.1 Å². The molecule has 1 fully saturated rings. The molecule has 1 heterocycles. The van der Waals surface area contributed by atoms with Gasteiger partial charge in [-0.2, -0.15) is 0 Å². The molecule has 1 saturated heterocycles. The fraction of sp³-hybridized carbons (Fsp3) is 0.462. The summed E-state index contributed by atoms with van der Waals surface area (Å²) in [7, 11) is 1.43. The summed E-state index contributed by atoms with van der Waals surface area (Å²) in [5.41, 5.74) is 1.91. The van der Waals surface area contributed by atoms with Crippen molar-refractivity contribution in [1.29, 1.82) is 0 Å². The van der Waals surface area contributed by atoms with Gasteiger partial charge in [-0.05, 0) is 18.9 Å². The second-order valence-corrected chi connectivity index (χ2v) is 4.43. The number of hydrogen-bond acceptors (Lipinski definition) is 3. The number of aryl methyl sites for hydroxylation is 1. The Hall–Kier alpha value is -1.35. The zero-order valence-electron chi connectivity index (χ0n) is 9.66. The minimum atomic E-state index is -0.456. The molecule has 0 saturated carbocycles. The van der Waals surface area contributed by atoms with Crippen molar-refractivity contribution in [2.24, 2.45) is 5.41 Å². The lowest BCUT2D eigenvalue weighted by atomic mass is 9.79. The monoisotopic (exact) mass is 220 g/mol. The van der Waals surface area contributed by atoms with Crippen molar-refractivity contribution < 1.29 is 14.3 Å². The maximum Gasteiger partial charge on any atom is 0.316 e. The van der Waals surface area contributed by atoms with Gasteiger partial charge in [0.1, 0.15) is 5.41 Å². The molecule has 16 heavy (non-hydrogen) atoms. The van der Waals surface area contributed by atoms with E-state index in [1.807, 2.05) is 25.1 Å². The molecule has 0 radical (unpaired) electrons. The summed E-state index contributed by atoms with van der Waals surface area (Å²) in [4.78, 5) is 11.7. The van der Waals surface area contributed by atoms with Crippen molar-refractivity contribution >= 4 is 5.97 Å². The molecule has 2 rings (SSSR count). The van der Waals surface area contributed by atoms with E-state index in [2.05, 4.69) is 6.07 Å². The third-order valence-corrected chi connectivity index (χ3v) is 3.00. The number of hydrogen-bond donors (Lipinski definition) is 0. The number of methoxy groups -OCH3 is 1. The summed E-state index contributed by atoms with van der Waals surface area (Å²) < 4.78 is 10.0. The molecule has 1 aliphatic rings. The van der Waals surface area contributed by atoms with Gasteiger partial charge >= 0.3 is 5.97 Å². The van der Waals surface area contributed by atoms with Gasteiger partial charge in [0.2, 0.25) is 0 Å². The molecule has 86 valence electrons. The zero-order chi connectivity index (χ0) is 11.6. The lowest BCUT2D eigenvalue weighted by Gasteiger charge is -2.38. The highest BCUT2D eigenvalue weighted by Crippen LogP contribution is 2.33. The fourth-order valence-electron chi connectivity index (χ4n) is 2.07. The maximum absolute atomic E-state index is 11.7. The lowest BCUT2D eigenvalue weighted by Crippen LogP contribution is -2.51. The lowest BCUT2D eigenvalue weighted by molar-refractivity contribution is -0.182. The number of benzene rings is 1. The van der Waals surface area contributed by atoms with Gasteiger partial charge in [-0.3, -0.25) is 4.79 Å². The average Bonchev–Trinajstić information content (AvgIpc) is 2.22. The molecule has 1 aromatic rings. The van der Waals surface area contributed by atoms with Crippen molar-refractivity contribution in [3.63, 3.8) is 0 Å². The second-order valence-electron chi connectivity index (χ2n) is 4.43. The van der Waals surface area contributed by atoms with E-state index in [9.17, 15) is 4.79 Å². The van der Waals surface area contributed by atoms with Crippen LogP contribution in [-0.4, -0.2) is 26.3 Å². The van der Waals surface area contributed by atoms with Crippen LogP contribution in [-0.2, 0) is 20.7 Å². The SMILES string of the molecule is COC(=O)C1(Cc2cccc(C)c2)COC1. The van der Waals surface area contributed by atoms with Crippen LogP contribution in [0, 0.1) is 12.3 Å². The zero-order valence-corrected chi connectivity index (χ0v) is 9.66. The van der Waals surface area contributed by atoms with Crippen LogP contribution in [0.15, 0.2) is 24.3 Å². The Morgan fingerprint density at radius 2 is 2.25 bits per heavy atom. The van der Waals surface area contributed by atoms with Gasteiger partial charge in [0.25, 0.3) is 0 Å². The summed E-state index contributed by atoms with van der Waals surface area (Å²) >= 11 is 0. The standard InChI is InChI=1S/C13H16O3/c1-10-4-3-5-11(6-10)7-13(8-16-9-13)12(14)15-2/h3-6H,7-9H2,1-2H3. The Morgan fingerprint density at radius 1 is 1.50 bits per heavy atom. The van der Waals surface area contributed by atoms with Gasteiger partial charge in [0.05, 0.1) is 20.3 Å². The van der Waals surface area contributed by atoms with Crippen LogP contribution in [0.3, 0.4) is 0 Å². The Bertz CT molecular complexity index is 394. The van der Waals surface area contributed by atoms with Gasteiger partial charge in [0, 0.05) is 0 Å². The predicted octanol–water partition coefficient (Wildman–Crippen LogP) is 1.73. The first-order chi connectivity index (χ1) is 7.66. The average molecular weight is 220 g/mol. The fourth-order valence-corrected chi connectivity index (χ4v) is 2.07. The highest BCUT2D eigenvalue weighted by Gasteiger charge is 2.47. The van der Waals surface area contributed by atoms with E-state index in [1.165, 1.54) is 12.7 Å². The second kappa shape index (κ2) is 4.26. The molecular weight excluding hydrogens is 204 g/mol. The number of carbonyl (C=O) groups excluding carboxylic acids is 1. The third-order valence-electron chi connectivity index (χ3n) is 3.00. The molecule has 0 N–H and O–H groups in total. The first-order valence-electron chi connectivity index (χ1n) is 5.38. The van der Waals surface area contributed by atoms with Crippen molar-refractivity contribution in [3.8, 4) is 0 Å². The molecule has 0 bridgehead atoms. The van der Waals surface area contributed by atoms with Gasteiger partial charge in [-0.25, -0.2) is 0 Å². The molecule has 3 heteroatoms. The molecular formula is C13H16O3. The number of carbonyl (C=O) groups is 1. The Kier molecular flexibility index (Phi) is 2.97. The molecule has 3 nitrogen and oxygen atoms in total. The van der Waals surface area contributed by atoms with Crippen LogP contribution in [0.2, 0.25) is 0 Å². The summed E-state index contributed by atoms with van der Waals surface area (Å²) in [6.45, 7) is 2.98. The van der Waals surface area contributed by atoms with E-state index < -0.39 is 5.41 Å². The molecule has 0 spiro atoms. The molecule has 0 unspecified atom stereocenters. The van der Waals surface area contributed by atoms with Gasteiger partial charge in [0.15, 0.2) is 0 Å². The minimum absolute atomic E-state index is 0.166. The third kappa shape index (κ3) is 1.95. The van der Waals surface area contributed by atoms with Crippen molar-refractivity contribution in [1.82, 2.24) is 0 Å². The molecule has 0 aliphatic carbocycles. The van der Waals surface area contributed by atoms with Crippen LogP contribution in [0.25, 0.3) is 0 Å². The van der Waals surface area contributed by atoms with Crippen LogP contribution >= 0.6 is 0 Å². The maximum atomic E-state index is 11.7. The predicted molar refractivity (Wildman–Crippen MR) is 60.2 cm³/mol. The van der Waals surface area contributed by atoms with Crippen molar-refractivity contribution in [2.45, 2.75) is 13.3 Å². The smallest absolute Gasteiger partial charge is 0.316 e. The first kappa shape index (κ1) is 11.1. The quantitative estimate of drug-likeness (QED) is 0.728. The number of ether oxygens (including phenoxy) is 2. The van der Waals surface area contributed by atoms with E-state index in [0.717, 1.165) is 5.56 Å². The molecule has 1 aromatic carbocycles. The summed E-state index contributed by atoms with van der Waals surface area (Å²) in [6, 6.07) is 8.19. The Labute approximate surface area is 95.4 Å². The first-order valence-corrected chi connectivity index (χ1v) is 5.38. The minimum Gasteiger partial charge on any atom is -0.468 e. The van der Waals surface area contributed by atoms with Gasteiger partial charge in [-0.1, -0.05) is 29.8 Å². The van der Waals surface area contributed by atoms with E-state index in [-0.39, 0.29) is 5.97 Å². The summed E-state index contributed by atoms with van der Waals surface area (Å²) in [5, 5.41) is 0. The van der Waals surface area contributed by atoms with E-state index in [0.29, 0.717) is 19.6 Å². The van der Waals surface area contributed by atoms with E-state index in [4.69, 9.17) is 9.47 Å². The molecule has 0 aromatic heterocycles. The highest BCUT2D eigenvalue weighted by atomic mass is 16.5. The normalized spacial score (nSPS) is 17.6. The van der Waals surface area contributed by atoms with Gasteiger partial charge in [-0.15, -0.1) is 0 Å². The van der Waals surface area contributed by atoms with Crippen LogP contribution < -0.4 is 0 Å². The highest BCUT2D eigenvalue weighted by molar-refractivity contribution is 5.78. The Morgan fingerprint density at radius 3 is 2.75 bits per heavy atom. The van der Waals surface area contributed by atoms with Crippen LogP contribution in [0.4, 0.5) is 0 Å². The number of rotatable bonds is 3. The summed E-state index contributed by atoms with van der Waals surface area (Å²) in [6.07, 6.45) is 0.696. The van der Waals surface area contributed by atoms with E-state index in [1.54, 1.807) is 0 Å². The van der Waals surface area contributed by atoms with Crippen molar-refractivity contribution in [3.05, 3.63) is 35.4 Å². The largest absolute Gasteiger partial charge is 0.468 e. The van der Waals surface area contributed by atoms with Gasteiger partial charge < -0.3 is 9.47 Å². The Balaban J connectivity index is 2.16. The molecule has 0 amide bonds. The molecule has 0 atom stereocenters. The topological polar surface area (TPSA) is 35.5 Å². The number of esters is 1.